The Balaban J connectivity index is 2.42. The van der Waals surface area contributed by atoms with Crippen LogP contribution < -0.4 is 0 Å². The third kappa shape index (κ3) is 3.97. The van der Waals surface area contributed by atoms with Crippen LogP contribution in [0.25, 0.3) is 0 Å². The summed E-state index contributed by atoms with van der Waals surface area (Å²) in [6, 6.07) is 15.1. The highest BCUT2D eigenvalue weighted by Crippen LogP contribution is 2.36. The molecule has 0 N–H and O–H groups in total. The summed E-state index contributed by atoms with van der Waals surface area (Å²) in [7, 11) is 0. The van der Waals surface area contributed by atoms with Crippen LogP contribution in [-0.4, -0.2) is 4.98 Å². The molecule has 1 aromatic heterocycles. The molecule has 0 bridgehead atoms. The Morgan fingerprint density at radius 2 is 1.73 bits per heavy atom. The highest BCUT2D eigenvalue weighted by Gasteiger charge is 2.26. The molecule has 0 saturated heterocycles. The van der Waals surface area contributed by atoms with Gasteiger partial charge >= 0.3 is 0 Å². The van der Waals surface area contributed by atoms with E-state index in [0.717, 1.165) is 18.5 Å². The van der Waals surface area contributed by atoms with E-state index in [-0.39, 0.29) is 5.41 Å². The number of rotatable bonds is 5. The van der Waals surface area contributed by atoms with Crippen molar-refractivity contribution in [2.45, 2.75) is 52.9 Å². The van der Waals surface area contributed by atoms with Gasteiger partial charge in [-0.2, -0.15) is 0 Å². The van der Waals surface area contributed by atoms with Crippen LogP contribution in [0, 0.1) is 11.8 Å². The monoisotopic (exact) mass is 294 g/mol. The van der Waals surface area contributed by atoms with Crippen molar-refractivity contribution < 1.29 is 0 Å². The number of aromatic nitrogens is 1. The van der Waals surface area contributed by atoms with Gasteiger partial charge in [0.2, 0.25) is 0 Å². The molecule has 2 aromatic rings. The zero-order valence-corrected chi connectivity index (χ0v) is 14.6. The molecular formula is C21H28N. The van der Waals surface area contributed by atoms with Gasteiger partial charge in [-0.1, -0.05) is 71.4 Å². The Kier molecular flexibility index (Phi) is 5.39. The lowest BCUT2D eigenvalue weighted by atomic mass is 9.74. The molecule has 1 nitrogen and oxygen atoms in total. The van der Waals surface area contributed by atoms with Crippen molar-refractivity contribution in [1.82, 2.24) is 4.98 Å². The molecule has 0 spiro atoms. The predicted molar refractivity (Wildman–Crippen MR) is 94.9 cm³/mol. The minimum atomic E-state index is 0.152. The van der Waals surface area contributed by atoms with Crippen molar-refractivity contribution in [2.75, 3.05) is 0 Å². The summed E-state index contributed by atoms with van der Waals surface area (Å²) in [6.45, 7) is 11.5. The lowest BCUT2D eigenvalue weighted by Crippen LogP contribution is -2.21. The van der Waals surface area contributed by atoms with E-state index in [4.69, 9.17) is 0 Å². The topological polar surface area (TPSA) is 12.9 Å². The Bertz CT molecular complexity index is 580. The van der Waals surface area contributed by atoms with Crippen molar-refractivity contribution in [1.29, 1.82) is 0 Å². The molecule has 117 valence electrons. The highest BCUT2D eigenvalue weighted by molar-refractivity contribution is 5.44. The van der Waals surface area contributed by atoms with Gasteiger partial charge in [-0.05, 0) is 34.6 Å². The summed E-state index contributed by atoms with van der Waals surface area (Å²) >= 11 is 0. The van der Waals surface area contributed by atoms with Gasteiger partial charge in [-0.25, -0.2) is 0 Å². The van der Waals surface area contributed by atoms with Crippen molar-refractivity contribution in [3.05, 3.63) is 71.4 Å². The van der Waals surface area contributed by atoms with Crippen molar-refractivity contribution in [2.24, 2.45) is 5.92 Å². The van der Waals surface area contributed by atoms with Crippen LogP contribution in [0.4, 0.5) is 0 Å². The number of nitrogens with zero attached hydrogens (tertiary/aromatic N) is 1. The molecule has 1 aromatic carbocycles. The van der Waals surface area contributed by atoms with Gasteiger partial charge in [-0.15, -0.1) is 0 Å². The smallest absolute Gasteiger partial charge is 0.0412 e. The fourth-order valence-corrected chi connectivity index (χ4v) is 2.90. The first-order valence-electron chi connectivity index (χ1n) is 8.29. The molecule has 1 heterocycles. The first kappa shape index (κ1) is 16.7. The quantitative estimate of drug-likeness (QED) is 0.700. The Hall–Kier alpha value is -1.63. The van der Waals surface area contributed by atoms with Gasteiger partial charge in [0.05, 0.1) is 0 Å². The molecule has 0 aliphatic heterocycles. The van der Waals surface area contributed by atoms with Crippen LogP contribution >= 0.6 is 0 Å². The summed E-state index contributed by atoms with van der Waals surface area (Å²) in [4.78, 5) is 4.53. The Morgan fingerprint density at radius 1 is 1.05 bits per heavy atom. The molecule has 0 amide bonds. The van der Waals surface area contributed by atoms with E-state index in [9.17, 15) is 0 Å². The lowest BCUT2D eigenvalue weighted by molar-refractivity contribution is 0.545. The van der Waals surface area contributed by atoms with Crippen molar-refractivity contribution in [3.63, 3.8) is 0 Å². The number of hydrogen-bond donors (Lipinski definition) is 0. The summed E-state index contributed by atoms with van der Waals surface area (Å²) in [5, 5.41) is 0. The average Bonchev–Trinajstić information content (AvgIpc) is 2.52. The molecule has 22 heavy (non-hydrogen) atoms. The van der Waals surface area contributed by atoms with Crippen LogP contribution in [0.15, 0.2) is 48.7 Å². The van der Waals surface area contributed by atoms with Gasteiger partial charge in [0.15, 0.2) is 0 Å². The van der Waals surface area contributed by atoms with E-state index >= 15 is 0 Å². The summed E-state index contributed by atoms with van der Waals surface area (Å²) in [5.74, 6) is 2.07. The van der Waals surface area contributed by atoms with Gasteiger partial charge in [0.1, 0.15) is 0 Å². The largest absolute Gasteiger partial charge is 0.261 e. The van der Waals surface area contributed by atoms with Crippen LogP contribution in [-0.2, 0) is 11.8 Å². The lowest BCUT2D eigenvalue weighted by Gasteiger charge is -2.30. The molecule has 0 saturated carbocycles. The van der Waals surface area contributed by atoms with Gasteiger partial charge in [-0.3, -0.25) is 4.98 Å². The van der Waals surface area contributed by atoms with E-state index < -0.39 is 0 Å². The van der Waals surface area contributed by atoms with E-state index in [1.54, 1.807) is 0 Å². The minimum absolute atomic E-state index is 0.152. The Morgan fingerprint density at radius 3 is 2.32 bits per heavy atom. The van der Waals surface area contributed by atoms with Crippen LogP contribution in [0.3, 0.4) is 0 Å². The second-order valence-electron chi connectivity index (χ2n) is 7.13. The fourth-order valence-electron chi connectivity index (χ4n) is 2.90. The zero-order valence-electron chi connectivity index (χ0n) is 14.6. The van der Waals surface area contributed by atoms with Gasteiger partial charge < -0.3 is 0 Å². The molecule has 1 unspecified atom stereocenters. The van der Waals surface area contributed by atoms with Crippen LogP contribution in [0.2, 0.25) is 0 Å². The van der Waals surface area contributed by atoms with Gasteiger partial charge in [0.25, 0.3) is 0 Å². The van der Waals surface area contributed by atoms with Crippen molar-refractivity contribution in [3.8, 4) is 0 Å². The predicted octanol–water partition coefficient (Wildman–Crippen LogP) is 5.59. The third-order valence-electron chi connectivity index (χ3n) is 4.39. The molecule has 2 rings (SSSR count). The standard InChI is InChI=1S/C21H28N/c1-6-16(2)19(15-17-11-9-10-14-22-17)18-12-7-8-13-20(18)21(3,4)5/h7-14,16H,6,15H2,1-5H3. The van der Waals surface area contributed by atoms with Crippen molar-refractivity contribution >= 4 is 0 Å². The molecule has 1 heteroatoms. The molecule has 0 aliphatic rings. The third-order valence-corrected chi connectivity index (χ3v) is 4.39. The zero-order chi connectivity index (χ0) is 16.2. The maximum absolute atomic E-state index is 4.53. The summed E-state index contributed by atoms with van der Waals surface area (Å²) in [5.41, 5.74) is 4.15. The van der Waals surface area contributed by atoms with E-state index in [1.165, 1.54) is 17.0 Å². The maximum atomic E-state index is 4.53. The Labute approximate surface area is 135 Å². The number of benzene rings is 1. The first-order valence-corrected chi connectivity index (χ1v) is 8.29. The first-order chi connectivity index (χ1) is 10.4. The highest BCUT2D eigenvalue weighted by atomic mass is 14.7. The molecule has 1 atom stereocenters. The average molecular weight is 294 g/mol. The fraction of sp³-hybridized carbons (Fsp3) is 0.429. The number of pyridine rings is 1. The summed E-state index contributed by atoms with van der Waals surface area (Å²) < 4.78 is 0. The van der Waals surface area contributed by atoms with Gasteiger partial charge in [0, 0.05) is 24.2 Å². The van der Waals surface area contributed by atoms with Crippen LogP contribution in [0.1, 0.15) is 57.9 Å². The maximum Gasteiger partial charge on any atom is 0.0412 e. The van der Waals surface area contributed by atoms with Crippen LogP contribution in [0.5, 0.6) is 0 Å². The molecular weight excluding hydrogens is 266 g/mol. The van der Waals surface area contributed by atoms with E-state index in [0.29, 0.717) is 5.92 Å². The van der Waals surface area contributed by atoms with E-state index in [2.05, 4.69) is 76.0 Å². The van der Waals surface area contributed by atoms with E-state index in [1.807, 2.05) is 12.3 Å². The number of hydrogen-bond acceptors (Lipinski definition) is 1. The normalized spacial score (nSPS) is 13.4. The second-order valence-corrected chi connectivity index (χ2v) is 7.13. The summed E-state index contributed by atoms with van der Waals surface area (Å²) in [6.07, 6.45) is 3.98. The SMILES string of the molecule is CCC(C)[C](Cc1ccccn1)c1ccccc1C(C)(C)C. The molecule has 0 aliphatic carbocycles. The second kappa shape index (κ2) is 7.09. The molecule has 0 fully saturated rings. The molecule has 1 radical (unpaired) electrons. The minimum Gasteiger partial charge on any atom is -0.261 e.